The first-order valence-electron chi connectivity index (χ1n) is 7.40. The van der Waals surface area contributed by atoms with Crippen LogP contribution < -0.4 is 15.4 Å². The van der Waals surface area contributed by atoms with E-state index in [-0.39, 0.29) is 18.1 Å². The van der Waals surface area contributed by atoms with Crippen LogP contribution in [-0.2, 0) is 0 Å². The molecule has 0 heterocycles. The maximum atomic E-state index is 11.9. The summed E-state index contributed by atoms with van der Waals surface area (Å²) in [7, 11) is 0. The Kier molecular flexibility index (Phi) is 6.91. The summed E-state index contributed by atoms with van der Waals surface area (Å²) in [5.74, 6) is 0.857. The fourth-order valence-corrected chi connectivity index (χ4v) is 1.91. The third kappa shape index (κ3) is 5.11. The summed E-state index contributed by atoms with van der Waals surface area (Å²) in [6.07, 6.45) is 1.77. The van der Waals surface area contributed by atoms with Gasteiger partial charge in [0.25, 0.3) is 0 Å². The van der Waals surface area contributed by atoms with Crippen LogP contribution in [0.2, 0.25) is 0 Å². The number of carbonyl (C=O) groups excluding carboxylic acids is 1. The van der Waals surface area contributed by atoms with Crippen LogP contribution in [0.4, 0.5) is 4.79 Å². The number of ether oxygens (including phenoxy) is 1. The molecule has 0 aromatic heterocycles. The molecule has 1 rings (SSSR count). The second kappa shape index (κ2) is 8.46. The molecule has 0 aliphatic rings. The van der Waals surface area contributed by atoms with Crippen molar-refractivity contribution < 1.29 is 9.53 Å². The van der Waals surface area contributed by atoms with Crippen LogP contribution in [0.5, 0.6) is 5.75 Å². The van der Waals surface area contributed by atoms with Gasteiger partial charge in [0.1, 0.15) is 5.75 Å². The van der Waals surface area contributed by atoms with E-state index in [1.54, 1.807) is 0 Å². The van der Waals surface area contributed by atoms with Crippen molar-refractivity contribution in [2.45, 2.75) is 52.6 Å². The average Bonchev–Trinajstić information content (AvgIpc) is 2.46. The zero-order chi connectivity index (χ0) is 15.0. The van der Waals surface area contributed by atoms with Gasteiger partial charge in [-0.25, -0.2) is 4.79 Å². The fourth-order valence-electron chi connectivity index (χ4n) is 1.91. The predicted octanol–water partition coefficient (Wildman–Crippen LogP) is 3.63. The number of amides is 2. The minimum absolute atomic E-state index is 0.0229. The third-order valence-corrected chi connectivity index (χ3v) is 3.30. The van der Waals surface area contributed by atoms with E-state index in [0.29, 0.717) is 6.61 Å². The van der Waals surface area contributed by atoms with Gasteiger partial charge < -0.3 is 15.4 Å². The number of carbonyl (C=O) groups is 1. The van der Waals surface area contributed by atoms with E-state index in [2.05, 4.69) is 24.5 Å². The molecule has 0 saturated heterocycles. The monoisotopic (exact) mass is 278 g/mol. The summed E-state index contributed by atoms with van der Waals surface area (Å²) in [6.45, 7) is 8.73. The van der Waals surface area contributed by atoms with Crippen LogP contribution in [0.1, 0.15) is 52.1 Å². The van der Waals surface area contributed by atoms with E-state index >= 15 is 0 Å². The highest BCUT2D eigenvalue weighted by atomic mass is 16.5. The van der Waals surface area contributed by atoms with Gasteiger partial charge in [-0.05, 0) is 44.4 Å². The number of nitrogens with one attached hydrogen (secondary N) is 2. The molecule has 1 aromatic carbocycles. The summed E-state index contributed by atoms with van der Waals surface area (Å²) in [4.78, 5) is 11.9. The molecule has 112 valence electrons. The molecule has 0 saturated carbocycles. The smallest absolute Gasteiger partial charge is 0.315 e. The van der Waals surface area contributed by atoms with E-state index in [4.69, 9.17) is 4.74 Å². The number of benzene rings is 1. The Bertz CT molecular complexity index is 403. The lowest BCUT2D eigenvalue weighted by molar-refractivity contribution is 0.233. The Morgan fingerprint density at radius 1 is 1.10 bits per heavy atom. The summed E-state index contributed by atoms with van der Waals surface area (Å²) < 4.78 is 5.42. The molecule has 1 aromatic rings. The molecule has 0 aliphatic carbocycles. The molecule has 4 heteroatoms. The van der Waals surface area contributed by atoms with E-state index in [1.165, 1.54) is 0 Å². The molecule has 0 fully saturated rings. The van der Waals surface area contributed by atoms with Gasteiger partial charge in [-0.3, -0.25) is 0 Å². The molecule has 20 heavy (non-hydrogen) atoms. The molecular formula is C16H26N2O2. The summed E-state index contributed by atoms with van der Waals surface area (Å²) >= 11 is 0. The molecule has 4 nitrogen and oxygen atoms in total. The van der Waals surface area contributed by atoms with E-state index < -0.39 is 0 Å². The Hall–Kier alpha value is -1.71. The molecular weight excluding hydrogens is 252 g/mol. The first-order valence-corrected chi connectivity index (χ1v) is 7.40. The lowest BCUT2D eigenvalue weighted by atomic mass is 10.0. The summed E-state index contributed by atoms with van der Waals surface area (Å²) in [5.41, 5.74) is 1.09. The van der Waals surface area contributed by atoms with Crippen molar-refractivity contribution in [2.24, 2.45) is 0 Å². The molecule has 2 N–H and O–H groups in total. The van der Waals surface area contributed by atoms with Gasteiger partial charge in [0.15, 0.2) is 0 Å². The Balaban J connectivity index is 2.63. The normalized spacial score (nSPS) is 13.4. The zero-order valence-electron chi connectivity index (χ0n) is 12.9. The van der Waals surface area contributed by atoms with Gasteiger partial charge in [-0.15, -0.1) is 0 Å². The lowest BCUT2D eigenvalue weighted by Gasteiger charge is -2.20. The van der Waals surface area contributed by atoms with E-state index in [1.807, 2.05) is 38.1 Å². The van der Waals surface area contributed by atoms with Crippen LogP contribution in [0, 0.1) is 0 Å². The highest BCUT2D eigenvalue weighted by Crippen LogP contribution is 2.20. The van der Waals surface area contributed by atoms with Gasteiger partial charge in [-0.2, -0.15) is 0 Å². The van der Waals surface area contributed by atoms with Gasteiger partial charge in [0.05, 0.1) is 12.6 Å². The van der Waals surface area contributed by atoms with Gasteiger partial charge in [-0.1, -0.05) is 26.0 Å². The predicted molar refractivity (Wildman–Crippen MR) is 82.1 cm³/mol. The van der Waals surface area contributed by atoms with E-state index in [9.17, 15) is 4.79 Å². The Labute approximate surface area is 121 Å². The van der Waals surface area contributed by atoms with Crippen molar-refractivity contribution in [2.75, 3.05) is 6.61 Å². The maximum absolute atomic E-state index is 11.9. The van der Waals surface area contributed by atoms with Crippen molar-refractivity contribution in [1.29, 1.82) is 0 Å². The minimum atomic E-state index is -0.111. The SMILES string of the molecule is CCOc1ccc([C@@H](CC)NC(=O)N[C@H](C)CC)cc1. The number of urea groups is 1. The molecule has 0 unspecified atom stereocenters. The second-order valence-corrected chi connectivity index (χ2v) is 4.89. The third-order valence-electron chi connectivity index (χ3n) is 3.30. The maximum Gasteiger partial charge on any atom is 0.315 e. The Morgan fingerprint density at radius 3 is 2.25 bits per heavy atom. The van der Waals surface area contributed by atoms with Crippen molar-refractivity contribution in [3.05, 3.63) is 29.8 Å². The Morgan fingerprint density at radius 2 is 1.75 bits per heavy atom. The molecule has 0 bridgehead atoms. The first kappa shape index (κ1) is 16.3. The fraction of sp³-hybridized carbons (Fsp3) is 0.562. The number of hydrogen-bond acceptors (Lipinski definition) is 2. The largest absolute Gasteiger partial charge is 0.494 e. The lowest BCUT2D eigenvalue weighted by Crippen LogP contribution is -2.42. The standard InChI is InChI=1S/C16H26N2O2/c1-5-12(4)17-16(19)18-15(6-2)13-8-10-14(11-9-13)20-7-3/h8-12,15H,5-7H2,1-4H3,(H2,17,18,19)/t12-,15-/m1/s1. The molecule has 0 spiro atoms. The van der Waals surface area contributed by atoms with E-state index in [0.717, 1.165) is 24.2 Å². The highest BCUT2D eigenvalue weighted by Gasteiger charge is 2.13. The average molecular weight is 278 g/mol. The van der Waals surface area contributed by atoms with Crippen molar-refractivity contribution in [3.8, 4) is 5.75 Å². The zero-order valence-corrected chi connectivity index (χ0v) is 12.9. The van der Waals surface area contributed by atoms with Gasteiger partial charge in [0.2, 0.25) is 0 Å². The first-order chi connectivity index (χ1) is 9.60. The summed E-state index contributed by atoms with van der Waals surface area (Å²) in [5, 5.41) is 5.93. The quantitative estimate of drug-likeness (QED) is 0.800. The van der Waals surface area contributed by atoms with Crippen LogP contribution in [-0.4, -0.2) is 18.7 Å². The van der Waals surface area contributed by atoms with Gasteiger partial charge >= 0.3 is 6.03 Å². The van der Waals surface area contributed by atoms with Crippen LogP contribution in [0.25, 0.3) is 0 Å². The molecule has 0 radical (unpaired) electrons. The van der Waals surface area contributed by atoms with Crippen molar-refractivity contribution >= 4 is 6.03 Å². The topological polar surface area (TPSA) is 50.4 Å². The molecule has 0 aliphatic heterocycles. The van der Waals surface area contributed by atoms with Crippen molar-refractivity contribution in [1.82, 2.24) is 10.6 Å². The summed E-state index contributed by atoms with van der Waals surface area (Å²) in [6, 6.07) is 7.99. The minimum Gasteiger partial charge on any atom is -0.494 e. The number of rotatable bonds is 7. The highest BCUT2D eigenvalue weighted by molar-refractivity contribution is 5.74. The van der Waals surface area contributed by atoms with Crippen LogP contribution in [0.15, 0.2) is 24.3 Å². The van der Waals surface area contributed by atoms with Crippen LogP contribution >= 0.6 is 0 Å². The van der Waals surface area contributed by atoms with Gasteiger partial charge in [0, 0.05) is 6.04 Å². The molecule has 2 atom stereocenters. The van der Waals surface area contributed by atoms with Crippen LogP contribution in [0.3, 0.4) is 0 Å². The van der Waals surface area contributed by atoms with Crippen molar-refractivity contribution in [3.63, 3.8) is 0 Å². The molecule has 2 amide bonds. The number of hydrogen-bond donors (Lipinski definition) is 2. The second-order valence-electron chi connectivity index (χ2n) is 4.89.